The zero-order chi connectivity index (χ0) is 13.2. The van der Waals surface area contributed by atoms with Crippen molar-refractivity contribution in [2.75, 3.05) is 0 Å². The summed E-state index contributed by atoms with van der Waals surface area (Å²) < 4.78 is 1.32. The standard InChI is InChI=1S/C17H17NS/c1-12-5-4-6-13(9-12)10-15(18)17-11-14-7-2-3-8-16(14)19-17/h2-9,11,15H,10,18H2,1H3. The highest BCUT2D eigenvalue weighted by Gasteiger charge is 2.10. The Morgan fingerprint density at radius 1 is 1.05 bits per heavy atom. The van der Waals surface area contributed by atoms with Gasteiger partial charge in [-0.25, -0.2) is 0 Å². The Bertz CT molecular complexity index is 666. The van der Waals surface area contributed by atoms with Crippen LogP contribution in [0.3, 0.4) is 0 Å². The summed E-state index contributed by atoms with van der Waals surface area (Å²) in [7, 11) is 0. The molecule has 2 aromatic carbocycles. The molecule has 1 unspecified atom stereocenters. The summed E-state index contributed by atoms with van der Waals surface area (Å²) in [5.41, 5.74) is 8.95. The summed E-state index contributed by atoms with van der Waals surface area (Å²) in [6.07, 6.45) is 0.897. The predicted octanol–water partition coefficient (Wildman–Crippen LogP) is 4.45. The number of hydrogen-bond donors (Lipinski definition) is 1. The van der Waals surface area contributed by atoms with Crippen molar-refractivity contribution >= 4 is 21.4 Å². The van der Waals surface area contributed by atoms with Crippen molar-refractivity contribution in [1.29, 1.82) is 0 Å². The van der Waals surface area contributed by atoms with E-state index in [1.165, 1.54) is 26.1 Å². The monoisotopic (exact) mass is 267 g/mol. The average Bonchev–Trinajstić information content (AvgIpc) is 2.82. The minimum absolute atomic E-state index is 0.0826. The Hall–Kier alpha value is -1.64. The van der Waals surface area contributed by atoms with Gasteiger partial charge in [-0.2, -0.15) is 0 Å². The lowest BCUT2D eigenvalue weighted by Crippen LogP contribution is -2.11. The summed E-state index contributed by atoms with van der Waals surface area (Å²) >= 11 is 1.80. The van der Waals surface area contributed by atoms with Gasteiger partial charge in [-0.1, -0.05) is 48.0 Å². The molecule has 0 saturated carbocycles. The molecule has 1 aromatic heterocycles. The van der Waals surface area contributed by atoms with Crippen LogP contribution in [0.15, 0.2) is 54.6 Å². The summed E-state index contributed by atoms with van der Waals surface area (Å²) in [5.74, 6) is 0. The van der Waals surface area contributed by atoms with Crippen LogP contribution >= 0.6 is 11.3 Å². The Morgan fingerprint density at radius 3 is 2.68 bits per heavy atom. The van der Waals surface area contributed by atoms with Gasteiger partial charge in [0.15, 0.2) is 0 Å². The van der Waals surface area contributed by atoms with Crippen LogP contribution in [0.2, 0.25) is 0 Å². The second kappa shape index (κ2) is 5.16. The number of fused-ring (bicyclic) bond motifs is 1. The van der Waals surface area contributed by atoms with Gasteiger partial charge < -0.3 is 5.73 Å². The van der Waals surface area contributed by atoms with Crippen LogP contribution in [0.25, 0.3) is 10.1 Å². The molecule has 0 bridgehead atoms. The Labute approximate surface area is 117 Å². The van der Waals surface area contributed by atoms with E-state index in [9.17, 15) is 0 Å². The van der Waals surface area contributed by atoms with Crippen molar-refractivity contribution in [3.8, 4) is 0 Å². The van der Waals surface area contributed by atoms with Crippen LogP contribution in [-0.2, 0) is 6.42 Å². The molecule has 0 saturated heterocycles. The minimum atomic E-state index is 0.0826. The SMILES string of the molecule is Cc1cccc(CC(N)c2cc3ccccc3s2)c1. The fourth-order valence-corrected chi connectivity index (χ4v) is 3.44. The van der Waals surface area contributed by atoms with Crippen LogP contribution in [0.5, 0.6) is 0 Å². The van der Waals surface area contributed by atoms with Crippen molar-refractivity contribution < 1.29 is 0 Å². The molecule has 0 aliphatic heterocycles. The number of rotatable bonds is 3. The molecule has 96 valence electrons. The van der Waals surface area contributed by atoms with Gasteiger partial charge in [0.1, 0.15) is 0 Å². The maximum atomic E-state index is 6.35. The van der Waals surface area contributed by atoms with Crippen LogP contribution < -0.4 is 5.73 Å². The van der Waals surface area contributed by atoms with E-state index in [0.29, 0.717) is 0 Å². The van der Waals surface area contributed by atoms with Gasteiger partial charge in [0.05, 0.1) is 0 Å². The van der Waals surface area contributed by atoms with Gasteiger partial charge in [0.25, 0.3) is 0 Å². The molecule has 3 rings (SSSR count). The lowest BCUT2D eigenvalue weighted by atomic mass is 10.0. The van der Waals surface area contributed by atoms with E-state index in [1.54, 1.807) is 11.3 Å². The molecule has 2 N–H and O–H groups in total. The average molecular weight is 267 g/mol. The second-order valence-electron chi connectivity index (χ2n) is 4.99. The molecular weight excluding hydrogens is 250 g/mol. The van der Waals surface area contributed by atoms with E-state index in [0.717, 1.165) is 6.42 Å². The van der Waals surface area contributed by atoms with Crippen molar-refractivity contribution in [2.45, 2.75) is 19.4 Å². The highest BCUT2D eigenvalue weighted by Crippen LogP contribution is 2.30. The first-order chi connectivity index (χ1) is 9.22. The normalized spacial score (nSPS) is 12.7. The third-order valence-electron chi connectivity index (χ3n) is 3.35. The summed E-state index contributed by atoms with van der Waals surface area (Å²) in [6, 6.07) is 19.3. The quantitative estimate of drug-likeness (QED) is 0.745. The molecule has 1 heterocycles. The van der Waals surface area contributed by atoms with Crippen molar-refractivity contribution in [3.05, 3.63) is 70.6 Å². The van der Waals surface area contributed by atoms with E-state index >= 15 is 0 Å². The molecule has 0 fully saturated rings. The zero-order valence-electron chi connectivity index (χ0n) is 11.0. The summed E-state index contributed by atoms with van der Waals surface area (Å²) in [5, 5.41) is 1.29. The van der Waals surface area contributed by atoms with E-state index in [4.69, 9.17) is 5.73 Å². The zero-order valence-corrected chi connectivity index (χ0v) is 11.8. The highest BCUT2D eigenvalue weighted by molar-refractivity contribution is 7.19. The van der Waals surface area contributed by atoms with Gasteiger partial charge in [-0.3, -0.25) is 0 Å². The van der Waals surface area contributed by atoms with Gasteiger partial charge in [-0.05, 0) is 36.4 Å². The van der Waals surface area contributed by atoms with Crippen LogP contribution in [0, 0.1) is 6.92 Å². The molecule has 0 radical (unpaired) electrons. The highest BCUT2D eigenvalue weighted by atomic mass is 32.1. The molecule has 0 aliphatic rings. The maximum absolute atomic E-state index is 6.35. The van der Waals surface area contributed by atoms with E-state index in [-0.39, 0.29) is 6.04 Å². The van der Waals surface area contributed by atoms with E-state index in [2.05, 4.69) is 61.5 Å². The number of nitrogens with two attached hydrogens (primary N) is 1. The van der Waals surface area contributed by atoms with Crippen molar-refractivity contribution in [2.24, 2.45) is 5.73 Å². The Balaban J connectivity index is 1.85. The minimum Gasteiger partial charge on any atom is -0.323 e. The topological polar surface area (TPSA) is 26.0 Å². The summed E-state index contributed by atoms with van der Waals surface area (Å²) in [6.45, 7) is 2.12. The van der Waals surface area contributed by atoms with Crippen LogP contribution in [0.1, 0.15) is 22.0 Å². The summed E-state index contributed by atoms with van der Waals surface area (Å²) in [4.78, 5) is 1.27. The Morgan fingerprint density at radius 2 is 1.89 bits per heavy atom. The number of benzene rings is 2. The van der Waals surface area contributed by atoms with E-state index in [1.807, 2.05) is 0 Å². The molecule has 3 aromatic rings. The Kier molecular flexibility index (Phi) is 3.36. The fraction of sp³-hybridized carbons (Fsp3) is 0.176. The molecule has 0 spiro atoms. The molecule has 1 atom stereocenters. The third-order valence-corrected chi connectivity index (χ3v) is 4.60. The third kappa shape index (κ3) is 2.70. The van der Waals surface area contributed by atoms with Gasteiger partial charge in [0.2, 0.25) is 0 Å². The molecule has 19 heavy (non-hydrogen) atoms. The lowest BCUT2D eigenvalue weighted by Gasteiger charge is -2.09. The fourth-order valence-electron chi connectivity index (χ4n) is 2.38. The molecular formula is C17H17NS. The second-order valence-corrected chi connectivity index (χ2v) is 6.10. The molecule has 2 heteroatoms. The lowest BCUT2D eigenvalue weighted by molar-refractivity contribution is 0.736. The largest absolute Gasteiger partial charge is 0.323 e. The number of hydrogen-bond acceptors (Lipinski definition) is 2. The predicted molar refractivity (Wildman–Crippen MR) is 83.6 cm³/mol. The maximum Gasteiger partial charge on any atom is 0.0431 e. The molecule has 0 amide bonds. The first-order valence-corrected chi connectivity index (χ1v) is 7.33. The van der Waals surface area contributed by atoms with Crippen molar-refractivity contribution in [3.63, 3.8) is 0 Å². The van der Waals surface area contributed by atoms with Gasteiger partial charge >= 0.3 is 0 Å². The number of thiophene rings is 1. The van der Waals surface area contributed by atoms with Gasteiger partial charge in [-0.15, -0.1) is 11.3 Å². The first kappa shape index (κ1) is 12.4. The number of aryl methyl sites for hydroxylation is 1. The van der Waals surface area contributed by atoms with Crippen LogP contribution in [0.4, 0.5) is 0 Å². The molecule has 1 nitrogen and oxygen atoms in total. The molecule has 0 aliphatic carbocycles. The van der Waals surface area contributed by atoms with Gasteiger partial charge in [0, 0.05) is 15.6 Å². The smallest absolute Gasteiger partial charge is 0.0431 e. The first-order valence-electron chi connectivity index (χ1n) is 6.52. The van der Waals surface area contributed by atoms with Crippen LogP contribution in [-0.4, -0.2) is 0 Å². The van der Waals surface area contributed by atoms with Crippen molar-refractivity contribution in [1.82, 2.24) is 0 Å². The van der Waals surface area contributed by atoms with E-state index < -0.39 is 0 Å².